The van der Waals surface area contributed by atoms with Gasteiger partial charge in [0, 0.05) is 11.4 Å². The first-order valence-corrected chi connectivity index (χ1v) is 7.27. The molecule has 3 aromatic carbocycles. The van der Waals surface area contributed by atoms with Crippen molar-refractivity contribution in [3.63, 3.8) is 0 Å². The third kappa shape index (κ3) is 3.44. The van der Waals surface area contributed by atoms with Gasteiger partial charge in [0.2, 0.25) is 0 Å². The van der Waals surface area contributed by atoms with Crippen LogP contribution in [0.3, 0.4) is 0 Å². The lowest BCUT2D eigenvalue weighted by Crippen LogP contribution is -1.95. The van der Waals surface area contributed by atoms with E-state index in [-0.39, 0.29) is 0 Å². The number of nitrogen functional groups attached to an aromatic ring is 4. The molecule has 0 unspecified atom stereocenters. The summed E-state index contributed by atoms with van der Waals surface area (Å²) in [5.74, 6) is 2.34. The highest BCUT2D eigenvalue weighted by molar-refractivity contribution is 5.62. The van der Waals surface area contributed by atoms with E-state index in [9.17, 15) is 0 Å². The van der Waals surface area contributed by atoms with Gasteiger partial charge in [-0.15, -0.1) is 0 Å². The van der Waals surface area contributed by atoms with Gasteiger partial charge in [-0.05, 0) is 60.7 Å². The number of ether oxygens (including phenoxy) is 2. The molecule has 6 nitrogen and oxygen atoms in total. The van der Waals surface area contributed by atoms with Crippen LogP contribution in [0.5, 0.6) is 23.0 Å². The molecule has 0 radical (unpaired) electrons. The molecule has 3 aromatic rings. The van der Waals surface area contributed by atoms with Crippen LogP contribution in [0.25, 0.3) is 0 Å². The van der Waals surface area contributed by atoms with Crippen molar-refractivity contribution in [2.24, 2.45) is 0 Å². The van der Waals surface area contributed by atoms with Crippen molar-refractivity contribution in [3.8, 4) is 23.0 Å². The van der Waals surface area contributed by atoms with Crippen LogP contribution in [0, 0.1) is 0 Å². The molecule has 8 N–H and O–H groups in total. The quantitative estimate of drug-likeness (QED) is 0.544. The Labute approximate surface area is 139 Å². The Kier molecular flexibility index (Phi) is 4.03. The molecule has 0 saturated heterocycles. The number of anilines is 4. The van der Waals surface area contributed by atoms with E-state index in [1.807, 2.05) is 0 Å². The predicted octanol–water partition coefficient (Wildman–Crippen LogP) is 3.60. The molecule has 0 aliphatic carbocycles. The first kappa shape index (κ1) is 15.4. The third-order valence-electron chi connectivity index (χ3n) is 3.35. The molecule has 0 amide bonds. The normalized spacial score (nSPS) is 10.3. The second-order valence-corrected chi connectivity index (χ2v) is 5.27. The largest absolute Gasteiger partial charge is 0.455 e. The minimum absolute atomic E-state index is 0.477. The molecular weight excluding hydrogens is 304 g/mol. The SMILES string of the molecule is Nc1ccc(Oc2ccc(Oc3ccc(N)cc3N)cc2)c(N)c1. The van der Waals surface area contributed by atoms with Crippen molar-refractivity contribution in [3.05, 3.63) is 60.7 Å². The summed E-state index contributed by atoms with van der Waals surface area (Å²) in [6.07, 6.45) is 0. The summed E-state index contributed by atoms with van der Waals surface area (Å²) in [6.45, 7) is 0. The van der Waals surface area contributed by atoms with Gasteiger partial charge in [0.05, 0.1) is 11.4 Å². The fourth-order valence-corrected chi connectivity index (χ4v) is 2.15. The highest BCUT2D eigenvalue weighted by atomic mass is 16.5. The lowest BCUT2D eigenvalue weighted by Gasteiger charge is -2.11. The molecule has 0 saturated carbocycles. The zero-order valence-electron chi connectivity index (χ0n) is 12.9. The summed E-state index contributed by atoms with van der Waals surface area (Å²) in [7, 11) is 0. The first-order valence-electron chi connectivity index (χ1n) is 7.27. The molecule has 0 aromatic heterocycles. The van der Waals surface area contributed by atoms with Gasteiger partial charge in [-0.25, -0.2) is 0 Å². The van der Waals surface area contributed by atoms with Crippen LogP contribution in [0.2, 0.25) is 0 Å². The number of nitrogens with two attached hydrogens (primary N) is 4. The Balaban J connectivity index is 1.73. The van der Waals surface area contributed by atoms with Gasteiger partial charge in [0.1, 0.15) is 23.0 Å². The molecule has 0 spiro atoms. The monoisotopic (exact) mass is 322 g/mol. The van der Waals surface area contributed by atoms with Crippen molar-refractivity contribution in [1.29, 1.82) is 0 Å². The van der Waals surface area contributed by atoms with E-state index in [0.29, 0.717) is 45.7 Å². The topological polar surface area (TPSA) is 123 Å². The smallest absolute Gasteiger partial charge is 0.150 e. The van der Waals surface area contributed by atoms with E-state index in [0.717, 1.165) is 0 Å². The fraction of sp³-hybridized carbons (Fsp3) is 0. The summed E-state index contributed by atoms with van der Waals surface area (Å²) in [5.41, 5.74) is 25.2. The van der Waals surface area contributed by atoms with Gasteiger partial charge in [-0.2, -0.15) is 0 Å². The van der Waals surface area contributed by atoms with E-state index in [1.165, 1.54) is 0 Å². The summed E-state index contributed by atoms with van der Waals surface area (Å²) >= 11 is 0. The maximum Gasteiger partial charge on any atom is 0.150 e. The zero-order chi connectivity index (χ0) is 17.1. The van der Waals surface area contributed by atoms with Crippen LogP contribution in [0.4, 0.5) is 22.7 Å². The molecule has 0 aliphatic rings. The molecule has 0 atom stereocenters. The first-order chi connectivity index (χ1) is 11.5. The fourth-order valence-electron chi connectivity index (χ4n) is 2.15. The van der Waals surface area contributed by atoms with Crippen molar-refractivity contribution < 1.29 is 9.47 Å². The Morgan fingerprint density at radius 1 is 0.500 bits per heavy atom. The lowest BCUT2D eigenvalue weighted by molar-refractivity contribution is 0.472. The standard InChI is InChI=1S/C18H18N4O2/c19-11-1-7-17(15(21)9-11)23-13-3-5-14(6-4-13)24-18-8-2-12(20)10-16(18)22/h1-10H,19-22H2. The average molecular weight is 322 g/mol. The minimum Gasteiger partial charge on any atom is -0.455 e. The third-order valence-corrected chi connectivity index (χ3v) is 3.35. The number of rotatable bonds is 4. The molecule has 122 valence electrons. The average Bonchev–Trinajstić information content (AvgIpc) is 2.54. The lowest BCUT2D eigenvalue weighted by atomic mass is 10.2. The van der Waals surface area contributed by atoms with Crippen molar-refractivity contribution in [1.82, 2.24) is 0 Å². The van der Waals surface area contributed by atoms with E-state index >= 15 is 0 Å². The molecule has 3 rings (SSSR count). The molecule has 0 aliphatic heterocycles. The van der Waals surface area contributed by atoms with E-state index in [4.69, 9.17) is 32.4 Å². The molecule has 0 heterocycles. The summed E-state index contributed by atoms with van der Waals surface area (Å²) in [5, 5.41) is 0. The molecule has 24 heavy (non-hydrogen) atoms. The molecule has 0 fully saturated rings. The van der Waals surface area contributed by atoms with Crippen LogP contribution in [-0.4, -0.2) is 0 Å². The van der Waals surface area contributed by atoms with Crippen LogP contribution < -0.4 is 32.4 Å². The van der Waals surface area contributed by atoms with Crippen LogP contribution in [0.1, 0.15) is 0 Å². The van der Waals surface area contributed by atoms with Gasteiger partial charge in [-0.1, -0.05) is 0 Å². The molecular formula is C18H18N4O2. The molecule has 6 heteroatoms. The summed E-state index contributed by atoms with van der Waals surface area (Å²) in [6, 6.07) is 17.3. The van der Waals surface area contributed by atoms with Gasteiger partial charge in [0.25, 0.3) is 0 Å². The van der Waals surface area contributed by atoms with Gasteiger partial charge < -0.3 is 32.4 Å². The van der Waals surface area contributed by atoms with Gasteiger partial charge in [0.15, 0.2) is 0 Å². The Hall–Kier alpha value is -3.54. The van der Waals surface area contributed by atoms with E-state index in [1.54, 1.807) is 60.7 Å². The highest BCUT2D eigenvalue weighted by Gasteiger charge is 2.05. The molecule has 0 bridgehead atoms. The Morgan fingerprint density at radius 2 is 0.875 bits per heavy atom. The van der Waals surface area contributed by atoms with Gasteiger partial charge >= 0.3 is 0 Å². The maximum atomic E-state index is 5.88. The second-order valence-electron chi connectivity index (χ2n) is 5.27. The summed E-state index contributed by atoms with van der Waals surface area (Å²) in [4.78, 5) is 0. The van der Waals surface area contributed by atoms with Crippen LogP contribution >= 0.6 is 0 Å². The van der Waals surface area contributed by atoms with E-state index in [2.05, 4.69) is 0 Å². The number of benzene rings is 3. The summed E-state index contributed by atoms with van der Waals surface area (Å²) < 4.78 is 11.5. The van der Waals surface area contributed by atoms with Crippen LogP contribution in [-0.2, 0) is 0 Å². The van der Waals surface area contributed by atoms with Crippen molar-refractivity contribution >= 4 is 22.7 Å². The van der Waals surface area contributed by atoms with Gasteiger partial charge in [-0.3, -0.25) is 0 Å². The predicted molar refractivity (Wildman–Crippen MR) is 97.1 cm³/mol. The second kappa shape index (κ2) is 6.29. The highest BCUT2D eigenvalue weighted by Crippen LogP contribution is 2.32. The van der Waals surface area contributed by atoms with E-state index < -0.39 is 0 Å². The minimum atomic E-state index is 0.477. The number of hydrogen-bond donors (Lipinski definition) is 4. The Morgan fingerprint density at radius 3 is 1.21 bits per heavy atom. The maximum absolute atomic E-state index is 5.88. The van der Waals surface area contributed by atoms with Crippen molar-refractivity contribution in [2.45, 2.75) is 0 Å². The number of hydrogen-bond acceptors (Lipinski definition) is 6. The van der Waals surface area contributed by atoms with Crippen molar-refractivity contribution in [2.75, 3.05) is 22.9 Å². The zero-order valence-corrected chi connectivity index (χ0v) is 12.9. The van der Waals surface area contributed by atoms with Crippen LogP contribution in [0.15, 0.2) is 60.7 Å². The Bertz CT molecular complexity index is 791.